The normalized spacial score (nSPS) is 11.2. The zero-order valence-electron chi connectivity index (χ0n) is 10.9. The molecule has 0 heterocycles. The average molecular weight is 262 g/mol. The van der Waals surface area contributed by atoms with Gasteiger partial charge in [0.15, 0.2) is 0 Å². The maximum Gasteiger partial charge on any atom is 0.500 e. The summed E-state index contributed by atoms with van der Waals surface area (Å²) in [4.78, 5) is 10.7. The lowest BCUT2D eigenvalue weighted by Crippen LogP contribution is -2.42. The third kappa shape index (κ3) is 6.57. The molecule has 0 aliphatic heterocycles. The van der Waals surface area contributed by atoms with Gasteiger partial charge in [-0.25, -0.2) is 4.79 Å². The molecule has 0 fully saturated rings. The Morgan fingerprint density at radius 2 is 1.71 bits per heavy atom. The smallest absolute Gasteiger partial charge is 0.463 e. The highest BCUT2D eigenvalue weighted by atomic mass is 28.4. The molecule has 0 radical (unpaired) electrons. The molecule has 0 saturated carbocycles. The number of rotatable bonds is 10. The Morgan fingerprint density at radius 3 is 2.18 bits per heavy atom. The summed E-state index contributed by atoms with van der Waals surface area (Å²) in [7, 11) is 2.38. The van der Waals surface area contributed by atoms with Gasteiger partial charge in [-0.2, -0.15) is 0 Å². The second-order valence-corrected chi connectivity index (χ2v) is 6.57. The van der Waals surface area contributed by atoms with Gasteiger partial charge >= 0.3 is 14.8 Å². The predicted molar refractivity (Wildman–Crippen MR) is 66.6 cm³/mol. The lowest BCUT2D eigenvalue weighted by atomic mass is 10.3. The molecular formula is C11H22O5Si. The third-order valence-corrected chi connectivity index (χ3v) is 5.30. The Hall–Kier alpha value is -0.693. The molecule has 0 aromatic carbocycles. The van der Waals surface area contributed by atoms with Gasteiger partial charge in [0.05, 0.1) is 6.61 Å². The lowest BCUT2D eigenvalue weighted by Gasteiger charge is -2.24. The van der Waals surface area contributed by atoms with Crippen LogP contribution in [0.3, 0.4) is 0 Å². The second-order valence-electron chi connectivity index (χ2n) is 3.48. The van der Waals surface area contributed by atoms with E-state index in [-0.39, 0.29) is 5.97 Å². The molecule has 0 aliphatic rings. The van der Waals surface area contributed by atoms with Crippen LogP contribution in [-0.4, -0.2) is 42.7 Å². The molecule has 0 spiro atoms. The highest BCUT2D eigenvalue weighted by molar-refractivity contribution is 6.60. The van der Waals surface area contributed by atoms with Gasteiger partial charge in [-0.3, -0.25) is 0 Å². The van der Waals surface area contributed by atoms with Crippen LogP contribution in [0.25, 0.3) is 0 Å². The molecular weight excluding hydrogens is 240 g/mol. The Labute approximate surface area is 104 Å². The monoisotopic (exact) mass is 262 g/mol. The van der Waals surface area contributed by atoms with Crippen molar-refractivity contribution in [3.05, 3.63) is 12.7 Å². The molecule has 0 amide bonds. The van der Waals surface area contributed by atoms with Gasteiger partial charge in [0.25, 0.3) is 0 Å². The van der Waals surface area contributed by atoms with Crippen molar-refractivity contribution in [3.8, 4) is 0 Å². The highest BCUT2D eigenvalue weighted by Crippen LogP contribution is 2.16. The van der Waals surface area contributed by atoms with Crippen LogP contribution in [0.4, 0.5) is 0 Å². The van der Waals surface area contributed by atoms with E-state index in [0.717, 1.165) is 25.3 Å². The molecule has 0 aliphatic carbocycles. The van der Waals surface area contributed by atoms with Crippen molar-refractivity contribution >= 4 is 14.8 Å². The standard InChI is InChI=1S/C11H22O5Si/c1-5-11(12)16-9-7-6-8-10-17(13-2,14-3)15-4/h5H,1,6-10H2,2-4H3. The van der Waals surface area contributed by atoms with E-state index >= 15 is 0 Å². The first-order chi connectivity index (χ1) is 8.14. The van der Waals surface area contributed by atoms with Crippen LogP contribution in [0.15, 0.2) is 12.7 Å². The van der Waals surface area contributed by atoms with E-state index in [4.69, 9.17) is 18.0 Å². The number of carbonyl (C=O) groups is 1. The van der Waals surface area contributed by atoms with Crippen molar-refractivity contribution < 1.29 is 22.8 Å². The molecule has 0 rings (SSSR count). The van der Waals surface area contributed by atoms with Crippen LogP contribution in [-0.2, 0) is 22.8 Å². The molecule has 0 aromatic rings. The zero-order chi connectivity index (χ0) is 13.1. The fourth-order valence-corrected chi connectivity index (χ4v) is 3.20. The van der Waals surface area contributed by atoms with Gasteiger partial charge < -0.3 is 18.0 Å². The van der Waals surface area contributed by atoms with Crippen LogP contribution in [0.1, 0.15) is 19.3 Å². The van der Waals surface area contributed by atoms with Crippen LogP contribution in [0.2, 0.25) is 6.04 Å². The lowest BCUT2D eigenvalue weighted by molar-refractivity contribution is -0.137. The van der Waals surface area contributed by atoms with E-state index in [0.29, 0.717) is 6.61 Å². The topological polar surface area (TPSA) is 54.0 Å². The largest absolute Gasteiger partial charge is 0.500 e. The SMILES string of the molecule is C=CC(=O)OCCCCC[Si](OC)(OC)OC. The highest BCUT2D eigenvalue weighted by Gasteiger charge is 2.36. The molecule has 17 heavy (non-hydrogen) atoms. The molecule has 100 valence electrons. The molecule has 0 bridgehead atoms. The minimum Gasteiger partial charge on any atom is -0.463 e. The molecule has 0 aromatic heterocycles. The van der Waals surface area contributed by atoms with E-state index in [9.17, 15) is 4.79 Å². The Kier molecular flexibility index (Phi) is 8.97. The van der Waals surface area contributed by atoms with Gasteiger partial charge in [-0.15, -0.1) is 0 Å². The first-order valence-corrected chi connectivity index (χ1v) is 7.52. The van der Waals surface area contributed by atoms with Crippen molar-refractivity contribution in [3.63, 3.8) is 0 Å². The minimum atomic E-state index is -2.43. The summed E-state index contributed by atoms with van der Waals surface area (Å²) >= 11 is 0. The fraction of sp³-hybridized carbons (Fsp3) is 0.727. The van der Waals surface area contributed by atoms with Crippen molar-refractivity contribution in [2.24, 2.45) is 0 Å². The van der Waals surface area contributed by atoms with Gasteiger partial charge in [0.1, 0.15) is 0 Å². The number of carbonyl (C=O) groups excluding carboxylic acids is 1. The van der Waals surface area contributed by atoms with Gasteiger partial charge in [-0.1, -0.05) is 13.0 Å². The summed E-state index contributed by atoms with van der Waals surface area (Å²) in [6.45, 7) is 3.75. The van der Waals surface area contributed by atoms with Crippen LogP contribution in [0, 0.1) is 0 Å². The van der Waals surface area contributed by atoms with E-state index in [1.54, 1.807) is 21.3 Å². The number of hydrogen-bond acceptors (Lipinski definition) is 5. The third-order valence-electron chi connectivity index (χ3n) is 2.47. The maximum absolute atomic E-state index is 10.7. The summed E-state index contributed by atoms with van der Waals surface area (Å²) in [6, 6.07) is 0.770. The number of unbranched alkanes of at least 4 members (excludes halogenated alkanes) is 2. The van der Waals surface area contributed by atoms with Crippen LogP contribution in [0.5, 0.6) is 0 Å². The van der Waals surface area contributed by atoms with Gasteiger partial charge in [0, 0.05) is 33.4 Å². The molecule has 0 N–H and O–H groups in total. The Morgan fingerprint density at radius 1 is 1.12 bits per heavy atom. The van der Waals surface area contributed by atoms with Crippen molar-refractivity contribution in [1.29, 1.82) is 0 Å². The predicted octanol–water partition coefficient (Wildman–Crippen LogP) is 1.76. The van der Waals surface area contributed by atoms with E-state index in [1.165, 1.54) is 6.08 Å². The van der Waals surface area contributed by atoms with Gasteiger partial charge in [0.2, 0.25) is 0 Å². The minimum absolute atomic E-state index is 0.376. The summed E-state index contributed by atoms with van der Waals surface area (Å²) in [5.74, 6) is -0.376. The molecule has 5 nitrogen and oxygen atoms in total. The van der Waals surface area contributed by atoms with Crippen molar-refractivity contribution in [2.75, 3.05) is 27.9 Å². The molecule has 0 saturated heterocycles. The summed E-state index contributed by atoms with van der Waals surface area (Å²) in [5, 5.41) is 0. The number of ether oxygens (including phenoxy) is 1. The van der Waals surface area contributed by atoms with E-state index in [2.05, 4.69) is 6.58 Å². The molecule has 6 heteroatoms. The summed E-state index contributed by atoms with van der Waals surface area (Å²) in [6.07, 6.45) is 3.85. The van der Waals surface area contributed by atoms with Crippen LogP contribution < -0.4 is 0 Å². The van der Waals surface area contributed by atoms with Crippen molar-refractivity contribution in [2.45, 2.75) is 25.3 Å². The van der Waals surface area contributed by atoms with Crippen LogP contribution >= 0.6 is 0 Å². The zero-order valence-corrected chi connectivity index (χ0v) is 11.9. The second kappa shape index (κ2) is 9.35. The molecule has 0 unspecified atom stereocenters. The number of esters is 1. The van der Waals surface area contributed by atoms with E-state index in [1.807, 2.05) is 0 Å². The maximum atomic E-state index is 10.7. The summed E-state index contributed by atoms with van der Waals surface area (Å²) < 4.78 is 20.7. The summed E-state index contributed by atoms with van der Waals surface area (Å²) in [5.41, 5.74) is 0. The fourth-order valence-electron chi connectivity index (χ4n) is 1.41. The Bertz CT molecular complexity index is 220. The quantitative estimate of drug-likeness (QED) is 0.260. The average Bonchev–Trinajstić information content (AvgIpc) is 2.38. The van der Waals surface area contributed by atoms with E-state index < -0.39 is 8.80 Å². The first kappa shape index (κ1) is 16.3. The Balaban J connectivity index is 3.62. The van der Waals surface area contributed by atoms with Gasteiger partial charge in [-0.05, 0) is 12.8 Å². The number of hydrogen-bond donors (Lipinski definition) is 0. The molecule has 0 atom stereocenters. The van der Waals surface area contributed by atoms with Crippen molar-refractivity contribution in [1.82, 2.24) is 0 Å². The first-order valence-electron chi connectivity index (χ1n) is 5.58.